The number of nitrogens with zero attached hydrogens (tertiary/aromatic N) is 2. The molecule has 1 aliphatic rings. The minimum atomic E-state index is -0.478. The molecule has 0 radical (unpaired) electrons. The van der Waals surface area contributed by atoms with E-state index in [2.05, 4.69) is 5.32 Å². The fraction of sp³-hybridized carbons (Fsp3) is 0.167. The summed E-state index contributed by atoms with van der Waals surface area (Å²) < 4.78 is 5.71. The first-order valence-electron chi connectivity index (χ1n) is 9.87. The normalized spacial score (nSPS) is 14.5. The number of nitrogens with one attached hydrogen (secondary N) is 1. The van der Waals surface area contributed by atoms with Crippen molar-refractivity contribution in [3.8, 4) is 17.4 Å². The Balaban J connectivity index is 1.53. The third-order valence-corrected chi connectivity index (χ3v) is 5.16. The van der Waals surface area contributed by atoms with E-state index in [1.165, 1.54) is 18.2 Å². The predicted octanol–water partition coefficient (Wildman–Crippen LogP) is 5.03. The molecule has 1 heterocycles. The van der Waals surface area contributed by atoms with E-state index in [9.17, 15) is 20.2 Å². The van der Waals surface area contributed by atoms with Crippen LogP contribution in [0.4, 0.5) is 5.69 Å². The molecule has 0 spiro atoms. The van der Waals surface area contributed by atoms with Gasteiger partial charge in [0.25, 0.3) is 11.6 Å². The van der Waals surface area contributed by atoms with Crippen LogP contribution >= 0.6 is 0 Å². The zero-order chi connectivity index (χ0) is 21.8. The van der Waals surface area contributed by atoms with Gasteiger partial charge in [-0.25, -0.2) is 0 Å². The maximum atomic E-state index is 12.8. The van der Waals surface area contributed by atoms with Crippen molar-refractivity contribution in [2.45, 2.75) is 18.9 Å². The van der Waals surface area contributed by atoms with Gasteiger partial charge in [-0.15, -0.1) is 0 Å². The summed E-state index contributed by atoms with van der Waals surface area (Å²) in [7, 11) is 0. The van der Waals surface area contributed by atoms with Crippen LogP contribution in [-0.2, 0) is 4.79 Å². The van der Waals surface area contributed by atoms with E-state index in [4.69, 9.17) is 4.42 Å². The van der Waals surface area contributed by atoms with E-state index in [0.29, 0.717) is 23.0 Å². The van der Waals surface area contributed by atoms with Gasteiger partial charge in [0, 0.05) is 23.8 Å². The number of hydrogen-bond donors (Lipinski definition) is 1. The quantitative estimate of drug-likeness (QED) is 0.253. The van der Waals surface area contributed by atoms with Gasteiger partial charge in [0.1, 0.15) is 23.2 Å². The molecule has 1 amide bonds. The van der Waals surface area contributed by atoms with Crippen LogP contribution in [-0.4, -0.2) is 10.8 Å². The Morgan fingerprint density at radius 3 is 2.61 bits per heavy atom. The minimum Gasteiger partial charge on any atom is -0.457 e. The Morgan fingerprint density at radius 2 is 1.94 bits per heavy atom. The molecule has 1 unspecified atom stereocenters. The van der Waals surface area contributed by atoms with Crippen LogP contribution < -0.4 is 5.32 Å². The molecule has 1 saturated carbocycles. The SMILES string of the molecule is N#CC(=Cc1ccc(-c2cccc([N+](=O)[O-])c2)o1)C(=O)NC(c1ccccc1)C1CC1. The van der Waals surface area contributed by atoms with Crippen molar-refractivity contribution < 1.29 is 14.1 Å². The molecule has 1 aliphatic carbocycles. The third kappa shape index (κ3) is 4.70. The van der Waals surface area contributed by atoms with Crippen molar-refractivity contribution in [2.75, 3.05) is 0 Å². The standard InChI is InChI=1S/C24H19N3O4/c25-15-19(24(28)26-23(17-9-10-17)16-5-2-1-3-6-16)14-21-11-12-22(31-21)18-7-4-8-20(13-18)27(29)30/h1-8,11-14,17,23H,9-10H2,(H,26,28). The van der Waals surface area contributed by atoms with Crippen molar-refractivity contribution in [2.24, 2.45) is 5.92 Å². The summed E-state index contributed by atoms with van der Waals surface area (Å²) in [5.74, 6) is 0.635. The van der Waals surface area contributed by atoms with Crippen molar-refractivity contribution in [3.63, 3.8) is 0 Å². The van der Waals surface area contributed by atoms with Gasteiger partial charge in [0.2, 0.25) is 0 Å². The number of furan rings is 1. The topological polar surface area (TPSA) is 109 Å². The Labute approximate surface area is 178 Å². The van der Waals surface area contributed by atoms with Gasteiger partial charge >= 0.3 is 0 Å². The summed E-state index contributed by atoms with van der Waals surface area (Å²) in [6, 6.07) is 20.9. The lowest BCUT2D eigenvalue weighted by Crippen LogP contribution is -2.30. The van der Waals surface area contributed by atoms with Gasteiger partial charge in [-0.2, -0.15) is 5.26 Å². The molecular weight excluding hydrogens is 394 g/mol. The first-order valence-corrected chi connectivity index (χ1v) is 9.87. The van der Waals surface area contributed by atoms with Crippen molar-refractivity contribution >= 4 is 17.7 Å². The number of nitro groups is 1. The van der Waals surface area contributed by atoms with Gasteiger partial charge in [-0.1, -0.05) is 42.5 Å². The predicted molar refractivity (Wildman–Crippen MR) is 114 cm³/mol. The number of nitriles is 1. The summed E-state index contributed by atoms with van der Waals surface area (Å²) in [6.45, 7) is 0. The molecule has 0 aliphatic heterocycles. The van der Waals surface area contributed by atoms with Crippen molar-refractivity contribution in [3.05, 3.63) is 93.7 Å². The molecule has 0 bridgehead atoms. The smallest absolute Gasteiger partial charge is 0.270 e. The van der Waals surface area contributed by atoms with Crippen LogP contribution in [0.3, 0.4) is 0 Å². The lowest BCUT2D eigenvalue weighted by atomic mass is 10.0. The van der Waals surface area contributed by atoms with Crippen LogP contribution in [0.1, 0.15) is 30.2 Å². The molecule has 1 aromatic heterocycles. The number of non-ortho nitro benzene ring substituents is 1. The van der Waals surface area contributed by atoms with E-state index < -0.39 is 10.8 Å². The second kappa shape index (κ2) is 8.67. The summed E-state index contributed by atoms with van der Waals surface area (Å²) in [4.78, 5) is 23.3. The molecule has 1 atom stereocenters. The van der Waals surface area contributed by atoms with E-state index in [0.717, 1.165) is 18.4 Å². The van der Waals surface area contributed by atoms with Crippen molar-refractivity contribution in [1.82, 2.24) is 5.32 Å². The number of rotatable bonds is 7. The van der Waals surface area contributed by atoms with E-state index in [1.807, 2.05) is 36.4 Å². The van der Waals surface area contributed by atoms with E-state index in [1.54, 1.807) is 24.3 Å². The Bertz CT molecular complexity index is 1190. The summed E-state index contributed by atoms with van der Waals surface area (Å²) in [5.41, 5.74) is 1.44. The number of hydrogen-bond acceptors (Lipinski definition) is 5. The number of benzene rings is 2. The maximum Gasteiger partial charge on any atom is 0.270 e. The van der Waals surface area contributed by atoms with Gasteiger partial charge in [-0.3, -0.25) is 14.9 Å². The highest BCUT2D eigenvalue weighted by molar-refractivity contribution is 6.01. The van der Waals surface area contributed by atoms with Gasteiger partial charge < -0.3 is 9.73 Å². The summed E-state index contributed by atoms with van der Waals surface area (Å²) in [5, 5.41) is 23.5. The van der Waals surface area contributed by atoms with Gasteiger partial charge in [0.15, 0.2) is 0 Å². The molecule has 4 rings (SSSR count). The molecule has 7 heteroatoms. The largest absolute Gasteiger partial charge is 0.457 e. The molecule has 1 N–H and O–H groups in total. The number of carbonyl (C=O) groups excluding carboxylic acids is 1. The lowest BCUT2D eigenvalue weighted by Gasteiger charge is -2.18. The first-order chi connectivity index (χ1) is 15.0. The Morgan fingerprint density at radius 1 is 1.16 bits per heavy atom. The van der Waals surface area contributed by atoms with Gasteiger partial charge in [0.05, 0.1) is 11.0 Å². The zero-order valence-corrected chi connectivity index (χ0v) is 16.5. The van der Waals surface area contributed by atoms with Crippen LogP contribution in [0.5, 0.6) is 0 Å². The molecule has 2 aromatic carbocycles. The highest BCUT2D eigenvalue weighted by Gasteiger charge is 2.33. The second-order valence-electron chi connectivity index (χ2n) is 7.38. The Kier molecular flexibility index (Phi) is 5.63. The molecule has 154 valence electrons. The maximum absolute atomic E-state index is 12.8. The lowest BCUT2D eigenvalue weighted by molar-refractivity contribution is -0.384. The van der Waals surface area contributed by atoms with Crippen molar-refractivity contribution in [1.29, 1.82) is 5.26 Å². The average Bonchev–Trinajstić information content (AvgIpc) is 3.53. The molecule has 1 fully saturated rings. The third-order valence-electron chi connectivity index (χ3n) is 5.16. The zero-order valence-electron chi connectivity index (χ0n) is 16.5. The van der Waals surface area contributed by atoms with Crippen LogP contribution in [0.25, 0.3) is 17.4 Å². The highest BCUT2D eigenvalue weighted by atomic mass is 16.6. The highest BCUT2D eigenvalue weighted by Crippen LogP contribution is 2.41. The number of carbonyl (C=O) groups is 1. The number of amides is 1. The summed E-state index contributed by atoms with van der Waals surface area (Å²) in [6.07, 6.45) is 3.46. The molecular formula is C24H19N3O4. The molecule has 7 nitrogen and oxygen atoms in total. The van der Waals surface area contributed by atoms with Crippen LogP contribution in [0.15, 0.2) is 76.7 Å². The second-order valence-corrected chi connectivity index (χ2v) is 7.38. The summed E-state index contributed by atoms with van der Waals surface area (Å²) >= 11 is 0. The average molecular weight is 413 g/mol. The minimum absolute atomic E-state index is 0.0462. The van der Waals surface area contributed by atoms with E-state index >= 15 is 0 Å². The monoisotopic (exact) mass is 413 g/mol. The fourth-order valence-electron chi connectivity index (χ4n) is 3.43. The van der Waals surface area contributed by atoms with Gasteiger partial charge in [-0.05, 0) is 36.5 Å². The van der Waals surface area contributed by atoms with Crippen LogP contribution in [0, 0.1) is 27.4 Å². The van der Waals surface area contributed by atoms with Crippen LogP contribution in [0.2, 0.25) is 0 Å². The molecule has 31 heavy (non-hydrogen) atoms. The number of nitro benzene ring substituents is 1. The molecule has 0 saturated heterocycles. The van der Waals surface area contributed by atoms with E-state index in [-0.39, 0.29) is 17.3 Å². The first kappa shape index (κ1) is 20.1. The Hall–Kier alpha value is -4.18. The fourth-order valence-corrected chi connectivity index (χ4v) is 3.43. The molecule has 3 aromatic rings.